The maximum Gasteiger partial charge on any atom is 0.159 e. The Labute approximate surface area is 353 Å². The molecular weight excluding hydrogens is 743 g/mol. The van der Waals surface area contributed by atoms with Crippen LogP contribution in [0.15, 0.2) is 233 Å². The standard InChI is InChI=1S/C58H37NO2/c1-3-13-39(14-4-1)45-34-35-46(49-18-8-7-17-48(45)49)41-27-32-44(33-28-41)59(43-30-25-38(26-31-43)42-29-36-56-53(37-42)50-19-9-10-24-55(50)60-56)54-23-12-22-52-51-21-11-20-47(57(51)61-58(52)54)40-15-5-2-6-16-40/h1-37H. The minimum Gasteiger partial charge on any atom is -0.456 e. The topological polar surface area (TPSA) is 29.5 Å². The Morgan fingerprint density at radius 2 is 0.754 bits per heavy atom. The van der Waals surface area contributed by atoms with E-state index in [1.54, 1.807) is 0 Å². The van der Waals surface area contributed by atoms with Crippen LogP contribution in [0.4, 0.5) is 17.1 Å². The van der Waals surface area contributed by atoms with Gasteiger partial charge >= 0.3 is 0 Å². The lowest BCUT2D eigenvalue weighted by Crippen LogP contribution is -2.10. The van der Waals surface area contributed by atoms with Gasteiger partial charge in [-0.1, -0.05) is 176 Å². The van der Waals surface area contributed by atoms with Crippen LogP contribution in [0.3, 0.4) is 0 Å². The second kappa shape index (κ2) is 14.3. The maximum absolute atomic E-state index is 6.99. The summed E-state index contributed by atoms with van der Waals surface area (Å²) < 4.78 is 13.1. The van der Waals surface area contributed by atoms with Gasteiger partial charge in [-0.15, -0.1) is 0 Å². The summed E-state index contributed by atoms with van der Waals surface area (Å²) in [6.45, 7) is 0. The van der Waals surface area contributed by atoms with Gasteiger partial charge < -0.3 is 13.7 Å². The van der Waals surface area contributed by atoms with Gasteiger partial charge in [-0.3, -0.25) is 0 Å². The van der Waals surface area contributed by atoms with E-state index < -0.39 is 0 Å². The predicted octanol–water partition coefficient (Wildman–Crippen LogP) is 16.8. The molecule has 3 nitrogen and oxygen atoms in total. The van der Waals surface area contributed by atoms with E-state index in [0.29, 0.717) is 0 Å². The molecule has 0 saturated heterocycles. The largest absolute Gasteiger partial charge is 0.456 e. The van der Waals surface area contributed by atoms with Gasteiger partial charge in [-0.2, -0.15) is 0 Å². The number of fused-ring (bicyclic) bond motifs is 7. The van der Waals surface area contributed by atoms with Crippen molar-refractivity contribution in [2.45, 2.75) is 0 Å². The molecule has 2 heterocycles. The first-order valence-electron chi connectivity index (χ1n) is 20.7. The van der Waals surface area contributed by atoms with Crippen LogP contribution in [0.5, 0.6) is 0 Å². The van der Waals surface area contributed by atoms with E-state index >= 15 is 0 Å². The van der Waals surface area contributed by atoms with Crippen molar-refractivity contribution < 1.29 is 8.83 Å². The van der Waals surface area contributed by atoms with Crippen LogP contribution in [0.25, 0.3) is 99.2 Å². The van der Waals surface area contributed by atoms with E-state index in [-0.39, 0.29) is 0 Å². The minimum absolute atomic E-state index is 0.841. The zero-order valence-corrected chi connectivity index (χ0v) is 33.1. The fraction of sp³-hybridized carbons (Fsp3) is 0. The molecule has 0 fully saturated rings. The molecule has 0 bridgehead atoms. The van der Waals surface area contributed by atoms with E-state index in [1.165, 1.54) is 27.5 Å². The van der Waals surface area contributed by atoms with E-state index in [2.05, 4.69) is 217 Å². The van der Waals surface area contributed by atoms with Crippen LogP contribution in [-0.2, 0) is 0 Å². The molecule has 0 amide bonds. The zero-order chi connectivity index (χ0) is 40.3. The molecule has 0 saturated carbocycles. The number of nitrogens with zero attached hydrogens (tertiary/aromatic N) is 1. The Kier molecular flexibility index (Phi) is 8.17. The fourth-order valence-corrected chi connectivity index (χ4v) is 9.17. The Bertz CT molecular complexity index is 3560. The van der Waals surface area contributed by atoms with E-state index in [9.17, 15) is 0 Å². The number of benzene rings is 10. The molecule has 2 aromatic heterocycles. The normalized spacial score (nSPS) is 11.6. The van der Waals surface area contributed by atoms with Crippen LogP contribution < -0.4 is 4.90 Å². The number of hydrogen-bond acceptors (Lipinski definition) is 3. The van der Waals surface area contributed by atoms with Crippen LogP contribution in [0.2, 0.25) is 0 Å². The molecule has 0 aliphatic heterocycles. The van der Waals surface area contributed by atoms with Gasteiger partial charge in [0.15, 0.2) is 5.58 Å². The van der Waals surface area contributed by atoms with Gasteiger partial charge in [-0.25, -0.2) is 0 Å². The maximum atomic E-state index is 6.99. The van der Waals surface area contributed by atoms with Crippen molar-refractivity contribution in [1.29, 1.82) is 0 Å². The lowest BCUT2D eigenvalue weighted by Gasteiger charge is -2.26. The van der Waals surface area contributed by atoms with Gasteiger partial charge in [0.25, 0.3) is 0 Å². The molecule has 286 valence electrons. The van der Waals surface area contributed by atoms with E-state index in [1.807, 2.05) is 12.1 Å². The molecule has 10 aromatic carbocycles. The van der Waals surface area contributed by atoms with Gasteiger partial charge in [0.1, 0.15) is 16.7 Å². The highest BCUT2D eigenvalue weighted by molar-refractivity contribution is 6.14. The Morgan fingerprint density at radius 3 is 1.43 bits per heavy atom. The Morgan fingerprint density at radius 1 is 0.262 bits per heavy atom. The summed E-state index contributed by atoms with van der Waals surface area (Å²) in [4.78, 5) is 2.32. The molecule has 12 aromatic rings. The first-order valence-corrected chi connectivity index (χ1v) is 20.7. The quantitative estimate of drug-likeness (QED) is 0.161. The smallest absolute Gasteiger partial charge is 0.159 e. The molecule has 3 heteroatoms. The highest BCUT2D eigenvalue weighted by Crippen LogP contribution is 2.45. The SMILES string of the molecule is c1ccc(-c2ccc(-c3ccc(N(c4ccc(-c5ccc6oc7ccccc7c6c5)cc4)c4cccc5c4oc4c(-c6ccccc6)cccc45)cc3)c3ccccc23)cc1. The average Bonchev–Trinajstić information content (AvgIpc) is 3.91. The summed E-state index contributed by atoms with van der Waals surface area (Å²) in [5.74, 6) is 0. The molecule has 0 radical (unpaired) electrons. The monoisotopic (exact) mass is 779 g/mol. The third-order valence-electron chi connectivity index (χ3n) is 12.1. The third kappa shape index (κ3) is 5.90. The number of anilines is 3. The molecule has 0 N–H and O–H groups in total. The summed E-state index contributed by atoms with van der Waals surface area (Å²) in [6.07, 6.45) is 0. The lowest BCUT2D eigenvalue weighted by molar-refractivity contribution is 0.669. The first-order chi connectivity index (χ1) is 30.2. The van der Waals surface area contributed by atoms with Crippen molar-refractivity contribution in [3.05, 3.63) is 224 Å². The number of para-hydroxylation sites is 3. The summed E-state index contributed by atoms with van der Waals surface area (Å²) >= 11 is 0. The average molecular weight is 780 g/mol. The van der Waals surface area contributed by atoms with Crippen LogP contribution in [0.1, 0.15) is 0 Å². The molecule has 0 spiro atoms. The zero-order valence-electron chi connectivity index (χ0n) is 33.1. The summed E-state index contributed by atoms with van der Waals surface area (Å²) in [7, 11) is 0. The predicted molar refractivity (Wildman–Crippen MR) is 255 cm³/mol. The highest BCUT2D eigenvalue weighted by Gasteiger charge is 2.21. The lowest BCUT2D eigenvalue weighted by atomic mass is 9.92. The number of furan rings is 2. The van der Waals surface area contributed by atoms with Gasteiger partial charge in [0.2, 0.25) is 0 Å². The molecule has 61 heavy (non-hydrogen) atoms. The van der Waals surface area contributed by atoms with E-state index in [4.69, 9.17) is 8.83 Å². The summed E-state index contributed by atoms with van der Waals surface area (Å²) in [5.41, 5.74) is 15.8. The third-order valence-corrected chi connectivity index (χ3v) is 12.1. The Balaban J connectivity index is 0.997. The molecule has 0 atom stereocenters. The minimum atomic E-state index is 0.841. The van der Waals surface area contributed by atoms with Gasteiger partial charge in [0.05, 0.1) is 5.69 Å². The van der Waals surface area contributed by atoms with Crippen molar-refractivity contribution in [3.8, 4) is 44.5 Å². The molecule has 0 aliphatic carbocycles. The van der Waals surface area contributed by atoms with Crippen LogP contribution in [0, 0.1) is 0 Å². The van der Waals surface area contributed by atoms with Crippen molar-refractivity contribution in [2.75, 3.05) is 4.90 Å². The number of hydrogen-bond donors (Lipinski definition) is 0. The molecule has 12 rings (SSSR count). The van der Waals surface area contributed by atoms with Crippen molar-refractivity contribution in [3.63, 3.8) is 0 Å². The van der Waals surface area contributed by atoms with Gasteiger partial charge in [-0.05, 0) is 98.2 Å². The second-order valence-electron chi connectivity index (χ2n) is 15.6. The van der Waals surface area contributed by atoms with Crippen LogP contribution >= 0.6 is 0 Å². The summed E-state index contributed by atoms with van der Waals surface area (Å²) in [5, 5.41) is 6.88. The van der Waals surface area contributed by atoms with Crippen molar-refractivity contribution in [1.82, 2.24) is 0 Å². The highest BCUT2D eigenvalue weighted by atomic mass is 16.3. The fourth-order valence-electron chi connectivity index (χ4n) is 9.17. The van der Waals surface area contributed by atoms with E-state index in [0.717, 1.165) is 88.8 Å². The first kappa shape index (κ1) is 34.9. The van der Waals surface area contributed by atoms with Crippen molar-refractivity contribution in [2.24, 2.45) is 0 Å². The molecular formula is C58H37NO2. The summed E-state index contributed by atoms with van der Waals surface area (Å²) in [6, 6.07) is 79.8. The van der Waals surface area contributed by atoms with Crippen LogP contribution in [-0.4, -0.2) is 0 Å². The van der Waals surface area contributed by atoms with Gasteiger partial charge in [0, 0.05) is 38.5 Å². The Hall–Kier alpha value is -8.14. The second-order valence-corrected chi connectivity index (χ2v) is 15.6. The molecule has 0 aliphatic rings. The molecule has 0 unspecified atom stereocenters. The van der Waals surface area contributed by atoms with Crippen molar-refractivity contribution >= 4 is 71.7 Å². The number of rotatable bonds is 7.